The Morgan fingerprint density at radius 2 is 2.21 bits per heavy atom. The van der Waals surface area contributed by atoms with Crippen LogP contribution in [0.15, 0.2) is 18.2 Å². The molecule has 1 aliphatic rings. The van der Waals surface area contributed by atoms with Gasteiger partial charge in [-0.3, -0.25) is 4.79 Å². The maximum Gasteiger partial charge on any atom is 0.251 e. The molecule has 1 heterocycles. The zero-order valence-corrected chi connectivity index (χ0v) is 11.8. The quantitative estimate of drug-likeness (QED) is 0.875. The van der Waals surface area contributed by atoms with Crippen molar-refractivity contribution in [1.29, 1.82) is 0 Å². The van der Waals surface area contributed by atoms with Crippen molar-refractivity contribution >= 4 is 11.6 Å². The fourth-order valence-electron chi connectivity index (χ4n) is 2.23. The van der Waals surface area contributed by atoms with Gasteiger partial charge in [0.1, 0.15) is 0 Å². The summed E-state index contributed by atoms with van der Waals surface area (Å²) in [6.07, 6.45) is 1.04. The van der Waals surface area contributed by atoms with E-state index in [-0.39, 0.29) is 11.9 Å². The molecule has 1 aromatic rings. The van der Waals surface area contributed by atoms with E-state index in [1.54, 1.807) is 0 Å². The molecule has 0 aromatic heterocycles. The first-order valence-corrected chi connectivity index (χ1v) is 6.82. The lowest BCUT2D eigenvalue weighted by atomic mass is 10.1. The van der Waals surface area contributed by atoms with Crippen molar-refractivity contribution in [3.63, 3.8) is 0 Å². The minimum Gasteiger partial charge on any atom is -0.380 e. The highest BCUT2D eigenvalue weighted by Gasteiger charge is 2.16. The number of aryl methyl sites for hydroxylation is 1. The van der Waals surface area contributed by atoms with Crippen LogP contribution in [0.5, 0.6) is 0 Å². The summed E-state index contributed by atoms with van der Waals surface area (Å²) >= 11 is 0. The first-order valence-electron chi connectivity index (χ1n) is 6.82. The third-order valence-corrected chi connectivity index (χ3v) is 3.19. The summed E-state index contributed by atoms with van der Waals surface area (Å²) in [5.74, 6) is -0.0109. The number of hydrogen-bond donors (Lipinski definition) is 2. The molecule has 0 radical (unpaired) electrons. The number of carbonyl (C=O) groups excluding carboxylic acids is 1. The van der Waals surface area contributed by atoms with Crippen molar-refractivity contribution < 1.29 is 9.53 Å². The first kappa shape index (κ1) is 13.9. The highest BCUT2D eigenvalue weighted by atomic mass is 16.5. The van der Waals surface area contributed by atoms with E-state index in [1.165, 1.54) is 0 Å². The van der Waals surface area contributed by atoms with Gasteiger partial charge in [-0.1, -0.05) is 0 Å². The minimum absolute atomic E-state index is 0.0109. The summed E-state index contributed by atoms with van der Waals surface area (Å²) in [6, 6.07) is 6.40. The monoisotopic (exact) mass is 262 g/mol. The molecular weight excluding hydrogens is 240 g/mol. The molecule has 1 amide bonds. The Morgan fingerprint density at radius 3 is 2.79 bits per heavy atom. The lowest BCUT2D eigenvalue weighted by molar-refractivity contribution is 0.0942. The second-order valence-electron chi connectivity index (χ2n) is 5.36. The van der Waals surface area contributed by atoms with E-state index in [4.69, 9.17) is 4.74 Å². The number of rotatable bonds is 4. The van der Waals surface area contributed by atoms with Crippen molar-refractivity contribution in [2.45, 2.75) is 39.3 Å². The second-order valence-corrected chi connectivity index (χ2v) is 5.36. The maximum atomic E-state index is 12.0. The molecule has 0 bridgehead atoms. The summed E-state index contributed by atoms with van der Waals surface area (Å²) in [6.45, 7) is 7.47. The average Bonchev–Trinajstić information content (AvgIpc) is 2.80. The van der Waals surface area contributed by atoms with Gasteiger partial charge in [-0.15, -0.1) is 0 Å². The van der Waals surface area contributed by atoms with Crippen LogP contribution in [-0.4, -0.2) is 31.2 Å². The second kappa shape index (κ2) is 6.06. The van der Waals surface area contributed by atoms with Gasteiger partial charge in [-0.2, -0.15) is 0 Å². The minimum atomic E-state index is -0.0109. The van der Waals surface area contributed by atoms with Crippen LogP contribution in [0.2, 0.25) is 0 Å². The maximum absolute atomic E-state index is 12.0. The molecule has 1 saturated heterocycles. The number of benzene rings is 1. The molecule has 1 atom stereocenters. The van der Waals surface area contributed by atoms with E-state index in [0.29, 0.717) is 6.04 Å². The van der Waals surface area contributed by atoms with Crippen molar-refractivity contribution in [2.24, 2.45) is 0 Å². The molecule has 1 fully saturated rings. The van der Waals surface area contributed by atoms with Crippen molar-refractivity contribution in [3.8, 4) is 0 Å². The molecule has 0 spiro atoms. The number of carbonyl (C=O) groups is 1. The van der Waals surface area contributed by atoms with E-state index in [0.717, 1.165) is 36.4 Å². The molecule has 4 nitrogen and oxygen atoms in total. The summed E-state index contributed by atoms with van der Waals surface area (Å²) in [4.78, 5) is 12.0. The molecule has 19 heavy (non-hydrogen) atoms. The zero-order chi connectivity index (χ0) is 13.8. The lowest BCUT2D eigenvalue weighted by Gasteiger charge is -2.15. The average molecular weight is 262 g/mol. The van der Waals surface area contributed by atoms with Gasteiger partial charge in [0.2, 0.25) is 0 Å². The van der Waals surface area contributed by atoms with Crippen LogP contribution >= 0.6 is 0 Å². The van der Waals surface area contributed by atoms with Crippen LogP contribution in [0, 0.1) is 6.92 Å². The van der Waals surface area contributed by atoms with Gasteiger partial charge in [0.05, 0.1) is 12.6 Å². The van der Waals surface area contributed by atoms with E-state index in [1.807, 2.05) is 39.0 Å². The Morgan fingerprint density at radius 1 is 1.42 bits per heavy atom. The first-order chi connectivity index (χ1) is 9.06. The van der Waals surface area contributed by atoms with Crippen molar-refractivity contribution in [2.75, 3.05) is 18.5 Å². The summed E-state index contributed by atoms with van der Waals surface area (Å²) in [5.41, 5.74) is 2.78. The van der Waals surface area contributed by atoms with Crippen LogP contribution in [0.4, 0.5) is 5.69 Å². The fraction of sp³-hybridized carbons (Fsp3) is 0.533. The zero-order valence-electron chi connectivity index (χ0n) is 11.8. The summed E-state index contributed by atoms with van der Waals surface area (Å²) in [5, 5.41) is 6.34. The Labute approximate surface area is 114 Å². The molecule has 0 saturated carbocycles. The Bertz CT molecular complexity index is 451. The van der Waals surface area contributed by atoms with Gasteiger partial charge >= 0.3 is 0 Å². The molecule has 0 aliphatic carbocycles. The predicted molar refractivity (Wildman–Crippen MR) is 76.6 cm³/mol. The number of hydrogen-bond acceptors (Lipinski definition) is 3. The number of nitrogens with one attached hydrogen (secondary N) is 2. The Balaban J connectivity index is 2.05. The molecular formula is C15H22N2O2. The summed E-state index contributed by atoms with van der Waals surface area (Å²) in [7, 11) is 0. The van der Waals surface area contributed by atoms with Crippen molar-refractivity contribution in [3.05, 3.63) is 29.3 Å². The molecule has 1 aromatic carbocycles. The van der Waals surface area contributed by atoms with Crippen LogP contribution in [0.25, 0.3) is 0 Å². The van der Waals surface area contributed by atoms with Crippen LogP contribution < -0.4 is 10.6 Å². The Kier molecular flexibility index (Phi) is 4.43. The van der Waals surface area contributed by atoms with Crippen LogP contribution in [0.3, 0.4) is 0 Å². The molecule has 2 N–H and O–H groups in total. The highest BCUT2D eigenvalue weighted by molar-refractivity contribution is 5.96. The third kappa shape index (κ3) is 3.70. The largest absolute Gasteiger partial charge is 0.380 e. The van der Waals surface area contributed by atoms with Gasteiger partial charge in [0.15, 0.2) is 0 Å². The topological polar surface area (TPSA) is 50.4 Å². The van der Waals surface area contributed by atoms with Gasteiger partial charge in [0.25, 0.3) is 5.91 Å². The number of amides is 1. The van der Waals surface area contributed by atoms with Crippen LogP contribution in [0.1, 0.15) is 36.2 Å². The number of anilines is 1. The molecule has 104 valence electrons. The van der Waals surface area contributed by atoms with Crippen molar-refractivity contribution in [1.82, 2.24) is 5.32 Å². The molecule has 4 heteroatoms. The smallest absolute Gasteiger partial charge is 0.251 e. The lowest BCUT2D eigenvalue weighted by Crippen LogP contribution is -2.30. The molecule has 1 aliphatic heterocycles. The summed E-state index contributed by atoms with van der Waals surface area (Å²) < 4.78 is 5.34. The Hall–Kier alpha value is -1.55. The van der Waals surface area contributed by atoms with E-state index in [9.17, 15) is 4.79 Å². The van der Waals surface area contributed by atoms with E-state index < -0.39 is 0 Å². The normalized spacial score (nSPS) is 18.6. The molecule has 1 unspecified atom stereocenters. The SMILES string of the molecule is Cc1cc(NC2CCOC2)ccc1C(=O)NC(C)C. The highest BCUT2D eigenvalue weighted by Crippen LogP contribution is 2.18. The number of ether oxygens (including phenoxy) is 1. The van der Waals surface area contributed by atoms with Gasteiger partial charge in [0, 0.05) is 23.9 Å². The molecule has 2 rings (SSSR count). The van der Waals surface area contributed by atoms with Crippen LogP contribution in [-0.2, 0) is 4.74 Å². The van der Waals surface area contributed by atoms with Gasteiger partial charge in [-0.25, -0.2) is 0 Å². The standard InChI is InChI=1S/C15H22N2O2/c1-10(2)16-15(18)14-5-4-12(8-11(14)3)17-13-6-7-19-9-13/h4-5,8,10,13,17H,6-7,9H2,1-3H3,(H,16,18). The van der Waals surface area contributed by atoms with Gasteiger partial charge < -0.3 is 15.4 Å². The predicted octanol–water partition coefficient (Wildman–Crippen LogP) is 2.33. The van der Waals surface area contributed by atoms with E-state index >= 15 is 0 Å². The fourth-order valence-corrected chi connectivity index (χ4v) is 2.23. The third-order valence-electron chi connectivity index (χ3n) is 3.19. The van der Waals surface area contributed by atoms with E-state index in [2.05, 4.69) is 10.6 Å². The van der Waals surface area contributed by atoms with Gasteiger partial charge in [-0.05, 0) is 51.0 Å².